The molecule has 2 heterocycles. The molecule has 2 fully saturated rings. The molecule has 3 rings (SSSR count). The van der Waals surface area contributed by atoms with Crippen LogP contribution in [0.15, 0.2) is 29.3 Å². The molecule has 2 aliphatic heterocycles. The second-order valence-electron chi connectivity index (χ2n) is 6.76. The molecule has 0 aromatic heterocycles. The molecule has 25 heavy (non-hydrogen) atoms. The van der Waals surface area contributed by atoms with Crippen molar-refractivity contribution in [1.29, 1.82) is 0 Å². The fraction of sp³-hybridized carbons (Fsp3) is 0.556. The van der Waals surface area contributed by atoms with E-state index < -0.39 is 9.84 Å². The number of nitrogens with zero attached hydrogens (tertiary/aromatic N) is 2. The first-order chi connectivity index (χ1) is 11.8. The van der Waals surface area contributed by atoms with E-state index in [1.54, 1.807) is 0 Å². The largest absolute Gasteiger partial charge is 0.316 e. The van der Waals surface area contributed by atoms with Crippen molar-refractivity contribution in [3.8, 4) is 0 Å². The molecule has 2 atom stereocenters. The van der Waals surface area contributed by atoms with Crippen LogP contribution in [0.5, 0.6) is 0 Å². The zero-order chi connectivity index (χ0) is 18.2. The number of fused-ring (bicyclic) bond motifs is 1. The monoisotopic (exact) mass is 380 g/mol. The van der Waals surface area contributed by atoms with E-state index in [1.807, 2.05) is 49.9 Å². The van der Waals surface area contributed by atoms with Crippen molar-refractivity contribution in [1.82, 2.24) is 0 Å². The number of anilines is 1. The highest BCUT2D eigenvalue weighted by molar-refractivity contribution is 8.16. The first kappa shape index (κ1) is 18.5. The molecule has 0 saturated carbocycles. The lowest BCUT2D eigenvalue weighted by molar-refractivity contribution is -0.121. The fourth-order valence-electron chi connectivity index (χ4n) is 3.47. The zero-order valence-corrected chi connectivity index (χ0v) is 16.4. The van der Waals surface area contributed by atoms with Gasteiger partial charge in [0.25, 0.3) is 5.91 Å². The van der Waals surface area contributed by atoms with Crippen molar-refractivity contribution in [3.05, 3.63) is 29.8 Å². The highest BCUT2D eigenvalue weighted by Gasteiger charge is 2.49. The van der Waals surface area contributed by atoms with Crippen LogP contribution in [-0.4, -0.2) is 42.3 Å². The van der Waals surface area contributed by atoms with Crippen molar-refractivity contribution in [2.24, 2.45) is 10.9 Å². The van der Waals surface area contributed by atoms with E-state index in [0.29, 0.717) is 5.17 Å². The van der Waals surface area contributed by atoms with Crippen molar-refractivity contribution >= 4 is 38.4 Å². The molecule has 2 aliphatic rings. The van der Waals surface area contributed by atoms with E-state index in [2.05, 4.69) is 4.99 Å². The van der Waals surface area contributed by atoms with Gasteiger partial charge in [0.15, 0.2) is 15.0 Å². The van der Waals surface area contributed by atoms with Gasteiger partial charge in [-0.05, 0) is 37.5 Å². The van der Waals surface area contributed by atoms with Crippen LogP contribution in [0.3, 0.4) is 0 Å². The van der Waals surface area contributed by atoms with Gasteiger partial charge in [-0.3, -0.25) is 4.79 Å². The number of hydrogen-bond donors (Lipinski definition) is 0. The summed E-state index contributed by atoms with van der Waals surface area (Å²) in [6.07, 6.45) is 1.53. The predicted molar refractivity (Wildman–Crippen MR) is 104 cm³/mol. The Bertz CT molecular complexity index is 800. The zero-order valence-electron chi connectivity index (χ0n) is 14.8. The maximum atomic E-state index is 12.5. The SMILES string of the molecule is CCC(CC)C(=O)N=C1S[C@H]2CS(=O)(=O)C[C@H]2N1c1cccc(C)c1. The van der Waals surface area contributed by atoms with E-state index in [4.69, 9.17) is 0 Å². The molecule has 1 aromatic rings. The summed E-state index contributed by atoms with van der Waals surface area (Å²) < 4.78 is 24.1. The minimum absolute atomic E-state index is 0.0567. The number of aryl methyl sites for hydroxylation is 1. The van der Waals surface area contributed by atoms with Crippen LogP contribution < -0.4 is 4.90 Å². The summed E-state index contributed by atoms with van der Waals surface area (Å²) in [5.74, 6) is 0.101. The van der Waals surface area contributed by atoms with E-state index in [1.165, 1.54) is 11.8 Å². The van der Waals surface area contributed by atoms with Crippen molar-refractivity contribution < 1.29 is 13.2 Å². The molecule has 0 unspecified atom stereocenters. The number of thioether (sulfide) groups is 1. The fourth-order valence-corrected chi connectivity index (χ4v) is 7.39. The first-order valence-electron chi connectivity index (χ1n) is 8.70. The van der Waals surface area contributed by atoms with Crippen LogP contribution in [0.25, 0.3) is 0 Å². The summed E-state index contributed by atoms with van der Waals surface area (Å²) in [6.45, 7) is 5.99. The van der Waals surface area contributed by atoms with Gasteiger partial charge in [-0.15, -0.1) is 0 Å². The Kier molecular flexibility index (Phi) is 5.25. The van der Waals surface area contributed by atoms with Gasteiger partial charge >= 0.3 is 0 Å². The third-order valence-corrected chi connectivity index (χ3v) is 8.10. The Morgan fingerprint density at radius 2 is 2.04 bits per heavy atom. The number of benzene rings is 1. The molecule has 0 bridgehead atoms. The summed E-state index contributed by atoms with van der Waals surface area (Å²) in [4.78, 5) is 18.9. The molecule has 2 saturated heterocycles. The van der Waals surface area contributed by atoms with E-state index in [0.717, 1.165) is 24.1 Å². The number of rotatable bonds is 4. The second-order valence-corrected chi connectivity index (χ2v) is 10.1. The number of carbonyl (C=O) groups is 1. The van der Waals surface area contributed by atoms with Gasteiger partial charge in [0.05, 0.1) is 17.5 Å². The number of amides is 1. The topological polar surface area (TPSA) is 66.8 Å². The Morgan fingerprint density at radius 3 is 2.68 bits per heavy atom. The molecule has 0 radical (unpaired) electrons. The predicted octanol–water partition coefficient (Wildman–Crippen LogP) is 3.03. The normalized spacial score (nSPS) is 26.4. The highest BCUT2D eigenvalue weighted by Crippen LogP contribution is 2.41. The molecular formula is C18H24N2O3S2. The van der Waals surface area contributed by atoms with Gasteiger partial charge in [0.1, 0.15) is 0 Å². The van der Waals surface area contributed by atoms with Gasteiger partial charge in [-0.2, -0.15) is 4.99 Å². The molecule has 5 nitrogen and oxygen atoms in total. The van der Waals surface area contributed by atoms with Crippen molar-refractivity contribution in [3.63, 3.8) is 0 Å². The second kappa shape index (κ2) is 7.11. The quantitative estimate of drug-likeness (QED) is 0.803. The van der Waals surface area contributed by atoms with Crippen molar-refractivity contribution in [2.75, 3.05) is 16.4 Å². The average Bonchev–Trinajstić information content (AvgIpc) is 2.99. The van der Waals surface area contributed by atoms with Crippen LogP contribution >= 0.6 is 11.8 Å². The van der Waals surface area contributed by atoms with Gasteiger partial charge in [-0.25, -0.2) is 8.42 Å². The van der Waals surface area contributed by atoms with Gasteiger partial charge in [0, 0.05) is 16.9 Å². The highest BCUT2D eigenvalue weighted by atomic mass is 32.2. The van der Waals surface area contributed by atoms with Crippen LogP contribution in [-0.2, 0) is 14.6 Å². The maximum absolute atomic E-state index is 12.5. The molecular weight excluding hydrogens is 356 g/mol. The molecule has 0 aliphatic carbocycles. The number of sulfone groups is 1. The number of carbonyl (C=O) groups excluding carboxylic acids is 1. The van der Waals surface area contributed by atoms with Crippen molar-refractivity contribution in [2.45, 2.75) is 44.9 Å². The molecule has 136 valence electrons. The average molecular weight is 381 g/mol. The van der Waals surface area contributed by atoms with Gasteiger partial charge < -0.3 is 4.90 Å². The van der Waals surface area contributed by atoms with Crippen LogP contribution in [0.4, 0.5) is 5.69 Å². The lowest BCUT2D eigenvalue weighted by Gasteiger charge is -2.25. The summed E-state index contributed by atoms with van der Waals surface area (Å²) in [5, 5.41) is 0.589. The van der Waals surface area contributed by atoms with E-state index >= 15 is 0 Å². The lowest BCUT2D eigenvalue weighted by Crippen LogP contribution is -2.38. The third-order valence-electron chi connectivity index (χ3n) is 4.89. The van der Waals surface area contributed by atoms with E-state index in [-0.39, 0.29) is 34.6 Å². The Morgan fingerprint density at radius 1 is 1.32 bits per heavy atom. The van der Waals surface area contributed by atoms with Crippen LogP contribution in [0.1, 0.15) is 32.3 Å². The Balaban J connectivity index is 1.99. The standard InChI is InChI=1S/C18H24N2O3S2/c1-4-13(5-2)17(21)19-18-20(14-8-6-7-12(3)9-14)15-10-25(22,23)11-16(15)24-18/h6-9,13,15-16H,4-5,10-11H2,1-3H3/t15-,16+/m1/s1. The number of amidine groups is 1. The van der Waals surface area contributed by atoms with Gasteiger partial charge in [0.2, 0.25) is 0 Å². The third kappa shape index (κ3) is 3.77. The summed E-state index contributed by atoms with van der Waals surface area (Å²) in [6, 6.07) is 7.78. The minimum Gasteiger partial charge on any atom is -0.316 e. The molecule has 0 N–H and O–H groups in total. The summed E-state index contributed by atoms with van der Waals surface area (Å²) >= 11 is 1.43. The maximum Gasteiger partial charge on any atom is 0.251 e. The Hall–Kier alpha value is -1.34. The summed E-state index contributed by atoms with van der Waals surface area (Å²) in [5.41, 5.74) is 2.01. The van der Waals surface area contributed by atoms with Gasteiger partial charge in [-0.1, -0.05) is 37.7 Å². The minimum atomic E-state index is -3.04. The molecule has 0 spiro atoms. The lowest BCUT2D eigenvalue weighted by atomic mass is 10.0. The summed E-state index contributed by atoms with van der Waals surface area (Å²) in [7, 11) is -3.04. The molecule has 1 amide bonds. The smallest absolute Gasteiger partial charge is 0.251 e. The van der Waals surface area contributed by atoms with E-state index in [9.17, 15) is 13.2 Å². The van der Waals surface area contributed by atoms with Crippen LogP contribution in [0.2, 0.25) is 0 Å². The number of aliphatic imine (C=N–C) groups is 1. The van der Waals surface area contributed by atoms with Crippen LogP contribution in [0, 0.1) is 12.8 Å². The first-order valence-corrected chi connectivity index (χ1v) is 11.4. The molecule has 1 aromatic carbocycles. The molecule has 7 heteroatoms. The Labute approximate surface area is 153 Å². The number of hydrogen-bond acceptors (Lipinski definition) is 4.